The van der Waals surface area contributed by atoms with Crippen LogP contribution in [0.5, 0.6) is 0 Å². The second kappa shape index (κ2) is 7.45. The predicted octanol–water partition coefficient (Wildman–Crippen LogP) is 1.50. The van der Waals surface area contributed by atoms with E-state index in [9.17, 15) is 4.39 Å². The van der Waals surface area contributed by atoms with Crippen LogP contribution in [-0.4, -0.2) is 64.0 Å². The van der Waals surface area contributed by atoms with Crippen molar-refractivity contribution >= 4 is 22.8 Å². The molecule has 0 atom stereocenters. The summed E-state index contributed by atoms with van der Waals surface area (Å²) < 4.78 is 20.2. The zero-order chi connectivity index (χ0) is 18.8. The number of benzene rings is 1. The molecular weight excluding hydrogens is 349 g/mol. The van der Waals surface area contributed by atoms with Crippen molar-refractivity contribution in [3.8, 4) is 11.3 Å². The third kappa shape index (κ3) is 3.69. The highest BCUT2D eigenvalue weighted by Gasteiger charge is 2.17. The maximum Gasteiger partial charge on any atom is 0.226 e. The van der Waals surface area contributed by atoms with Crippen LogP contribution in [0.25, 0.3) is 22.3 Å². The summed E-state index contributed by atoms with van der Waals surface area (Å²) in [5.41, 5.74) is 8.25. The lowest BCUT2D eigenvalue weighted by Gasteiger charge is -2.26. The van der Waals surface area contributed by atoms with Gasteiger partial charge in [-0.3, -0.25) is 4.90 Å². The van der Waals surface area contributed by atoms with Crippen LogP contribution >= 0.6 is 0 Å². The van der Waals surface area contributed by atoms with Crippen molar-refractivity contribution in [1.82, 2.24) is 24.6 Å². The minimum Gasteiger partial charge on any atom is -0.383 e. The molecule has 0 aliphatic carbocycles. The summed E-state index contributed by atoms with van der Waals surface area (Å²) in [6.45, 7) is 5.02. The maximum atomic E-state index is 13.2. The van der Waals surface area contributed by atoms with Gasteiger partial charge < -0.3 is 15.8 Å². The molecule has 1 aliphatic rings. The van der Waals surface area contributed by atoms with Crippen LogP contribution in [0.15, 0.2) is 24.3 Å². The number of nitrogens with one attached hydrogen (secondary N) is 1. The van der Waals surface area contributed by atoms with Crippen LogP contribution in [0.1, 0.15) is 0 Å². The fourth-order valence-electron chi connectivity index (χ4n) is 3.21. The Kier molecular flexibility index (Phi) is 4.87. The number of morpholine rings is 1. The molecule has 3 heterocycles. The van der Waals surface area contributed by atoms with Crippen LogP contribution in [0.2, 0.25) is 0 Å². The highest BCUT2D eigenvalue weighted by Crippen LogP contribution is 2.30. The van der Waals surface area contributed by atoms with Gasteiger partial charge in [-0.1, -0.05) is 0 Å². The van der Waals surface area contributed by atoms with Crippen molar-refractivity contribution in [1.29, 1.82) is 0 Å². The highest BCUT2D eigenvalue weighted by molar-refractivity contribution is 5.98. The molecule has 0 spiro atoms. The number of rotatable bonds is 5. The molecule has 0 saturated carbocycles. The van der Waals surface area contributed by atoms with E-state index in [1.54, 1.807) is 23.9 Å². The van der Waals surface area contributed by atoms with Crippen LogP contribution < -0.4 is 11.1 Å². The third-order valence-electron chi connectivity index (χ3n) is 4.64. The maximum absolute atomic E-state index is 13.2. The summed E-state index contributed by atoms with van der Waals surface area (Å²) in [5, 5.41) is 8.41. The average molecular weight is 371 g/mol. The molecule has 1 saturated heterocycles. The normalized spacial score (nSPS) is 15.3. The van der Waals surface area contributed by atoms with Crippen molar-refractivity contribution in [3.63, 3.8) is 0 Å². The molecule has 1 fully saturated rings. The first-order valence-corrected chi connectivity index (χ1v) is 8.92. The molecular formula is C18H22FN7O. The fourth-order valence-corrected chi connectivity index (χ4v) is 3.21. The van der Waals surface area contributed by atoms with Crippen molar-refractivity contribution in [2.75, 3.05) is 50.4 Å². The Morgan fingerprint density at radius 2 is 1.93 bits per heavy atom. The van der Waals surface area contributed by atoms with Crippen LogP contribution in [0.3, 0.4) is 0 Å². The Morgan fingerprint density at radius 3 is 2.67 bits per heavy atom. The molecule has 0 unspecified atom stereocenters. The molecule has 0 amide bonds. The number of ether oxygens (including phenoxy) is 1. The Bertz CT molecular complexity index is 935. The number of anilines is 2. The molecule has 0 radical (unpaired) electrons. The summed E-state index contributed by atoms with van der Waals surface area (Å²) in [4.78, 5) is 11.3. The Morgan fingerprint density at radius 1 is 1.19 bits per heavy atom. The molecule has 2 aromatic heterocycles. The zero-order valence-electron chi connectivity index (χ0n) is 15.2. The lowest BCUT2D eigenvalue weighted by Crippen LogP contribution is -2.39. The van der Waals surface area contributed by atoms with E-state index >= 15 is 0 Å². The Balaban J connectivity index is 1.56. The zero-order valence-corrected chi connectivity index (χ0v) is 15.2. The van der Waals surface area contributed by atoms with E-state index in [4.69, 9.17) is 10.5 Å². The molecule has 3 N–H and O–H groups in total. The van der Waals surface area contributed by atoms with E-state index in [2.05, 4.69) is 25.3 Å². The number of aryl methyl sites for hydroxylation is 1. The third-order valence-corrected chi connectivity index (χ3v) is 4.64. The van der Waals surface area contributed by atoms with Gasteiger partial charge >= 0.3 is 0 Å². The number of aromatic nitrogens is 4. The van der Waals surface area contributed by atoms with E-state index in [1.807, 2.05) is 0 Å². The molecule has 8 nitrogen and oxygen atoms in total. The predicted molar refractivity (Wildman–Crippen MR) is 102 cm³/mol. The van der Waals surface area contributed by atoms with Crippen molar-refractivity contribution in [2.45, 2.75) is 0 Å². The molecule has 0 bridgehead atoms. The number of hydrogen-bond donors (Lipinski definition) is 2. The highest BCUT2D eigenvalue weighted by atomic mass is 19.1. The number of nitrogen functional groups attached to an aromatic ring is 1. The summed E-state index contributed by atoms with van der Waals surface area (Å²) in [6.07, 6.45) is 0. The smallest absolute Gasteiger partial charge is 0.226 e. The molecule has 3 aromatic rings. The monoisotopic (exact) mass is 371 g/mol. The fraction of sp³-hybridized carbons (Fsp3) is 0.389. The van der Waals surface area contributed by atoms with Crippen molar-refractivity contribution < 1.29 is 9.13 Å². The summed E-state index contributed by atoms with van der Waals surface area (Å²) in [5.74, 6) is 0.526. The Hall–Kier alpha value is -2.78. The van der Waals surface area contributed by atoms with Gasteiger partial charge in [-0.05, 0) is 24.3 Å². The first-order valence-electron chi connectivity index (χ1n) is 8.92. The summed E-state index contributed by atoms with van der Waals surface area (Å²) in [7, 11) is 1.80. The summed E-state index contributed by atoms with van der Waals surface area (Å²) in [6, 6.07) is 6.14. The van der Waals surface area contributed by atoms with Gasteiger partial charge in [0.1, 0.15) is 17.3 Å². The number of nitrogens with zero attached hydrogens (tertiary/aromatic N) is 5. The van der Waals surface area contributed by atoms with Crippen LogP contribution in [0.4, 0.5) is 16.2 Å². The number of fused-ring (bicyclic) bond motifs is 1. The Labute approximate surface area is 156 Å². The van der Waals surface area contributed by atoms with E-state index in [0.717, 1.165) is 38.4 Å². The van der Waals surface area contributed by atoms with Gasteiger partial charge in [-0.25, -0.2) is 9.07 Å². The second-order valence-electron chi connectivity index (χ2n) is 6.49. The number of nitrogens with two attached hydrogens (primary N) is 1. The lowest BCUT2D eigenvalue weighted by atomic mass is 10.1. The minimum absolute atomic E-state index is 0.296. The SMILES string of the molecule is Cn1nc(-c2ccc(F)cc2)c2c(N)nc(NCCN3CCOCC3)nc21. The second-order valence-corrected chi connectivity index (χ2v) is 6.49. The van der Waals surface area contributed by atoms with Gasteiger partial charge in [-0.15, -0.1) is 0 Å². The van der Waals surface area contributed by atoms with Gasteiger partial charge in [0.25, 0.3) is 0 Å². The van der Waals surface area contributed by atoms with E-state index in [1.165, 1.54) is 12.1 Å². The largest absolute Gasteiger partial charge is 0.383 e. The first-order chi connectivity index (χ1) is 13.1. The van der Waals surface area contributed by atoms with Crippen LogP contribution in [-0.2, 0) is 11.8 Å². The number of halogens is 1. The van der Waals surface area contributed by atoms with Gasteiger partial charge in [0.2, 0.25) is 5.95 Å². The minimum atomic E-state index is -0.296. The quantitative estimate of drug-likeness (QED) is 0.702. The average Bonchev–Trinajstić information content (AvgIpc) is 3.00. The first kappa shape index (κ1) is 17.6. The lowest BCUT2D eigenvalue weighted by molar-refractivity contribution is 0.0398. The molecule has 9 heteroatoms. The van der Waals surface area contributed by atoms with Gasteiger partial charge in [0.15, 0.2) is 5.65 Å². The summed E-state index contributed by atoms with van der Waals surface area (Å²) >= 11 is 0. The van der Waals surface area contributed by atoms with Gasteiger partial charge in [-0.2, -0.15) is 15.1 Å². The topological polar surface area (TPSA) is 94.1 Å². The molecule has 142 valence electrons. The standard InChI is InChI=1S/C18H22FN7O/c1-25-17-14(15(24-25)12-2-4-13(19)5-3-12)16(20)22-18(23-17)21-6-7-26-8-10-27-11-9-26/h2-5H,6-11H2,1H3,(H3,20,21,22,23). The van der Waals surface area contributed by atoms with E-state index in [0.29, 0.717) is 35.0 Å². The number of hydrogen-bond acceptors (Lipinski definition) is 7. The molecule has 1 aromatic carbocycles. The van der Waals surface area contributed by atoms with Crippen molar-refractivity contribution in [2.24, 2.45) is 7.05 Å². The molecule has 1 aliphatic heterocycles. The van der Waals surface area contributed by atoms with Crippen LogP contribution in [0, 0.1) is 5.82 Å². The van der Waals surface area contributed by atoms with Crippen molar-refractivity contribution in [3.05, 3.63) is 30.1 Å². The van der Waals surface area contributed by atoms with E-state index < -0.39 is 0 Å². The molecule has 4 rings (SSSR count). The van der Waals surface area contributed by atoms with Gasteiger partial charge in [0.05, 0.1) is 18.6 Å². The molecule has 27 heavy (non-hydrogen) atoms. The van der Waals surface area contributed by atoms with E-state index in [-0.39, 0.29) is 5.82 Å². The van der Waals surface area contributed by atoms with Gasteiger partial charge in [0, 0.05) is 38.8 Å².